The molecule has 2 aromatic rings. The van der Waals surface area contributed by atoms with Crippen LogP contribution in [0, 0.1) is 0 Å². The lowest BCUT2D eigenvalue weighted by molar-refractivity contribution is -0.129. The van der Waals surface area contributed by atoms with Crippen molar-refractivity contribution in [2.75, 3.05) is 12.8 Å². The minimum Gasteiger partial charge on any atom is -0.342 e. The molecule has 4 nitrogen and oxygen atoms in total. The Morgan fingerprint density at radius 2 is 2.09 bits per heavy atom. The Bertz CT molecular complexity index is 672. The molecule has 0 saturated carbocycles. The van der Waals surface area contributed by atoms with E-state index < -0.39 is 0 Å². The lowest BCUT2D eigenvalue weighted by Gasteiger charge is -2.35. The monoisotopic (exact) mass is 347 g/mol. The molecule has 2 aliphatic rings. The van der Waals surface area contributed by atoms with E-state index >= 15 is 0 Å². The predicted octanol–water partition coefficient (Wildman–Crippen LogP) is 3.13. The van der Waals surface area contributed by atoms with E-state index in [9.17, 15) is 4.79 Å². The van der Waals surface area contributed by atoms with Gasteiger partial charge < -0.3 is 10.2 Å². The van der Waals surface area contributed by atoms with E-state index in [2.05, 4.69) is 16.4 Å². The van der Waals surface area contributed by atoms with Gasteiger partial charge in [-0.2, -0.15) is 0 Å². The van der Waals surface area contributed by atoms with Crippen molar-refractivity contribution in [3.63, 3.8) is 0 Å². The Morgan fingerprint density at radius 1 is 1.35 bits per heavy atom. The Morgan fingerprint density at radius 3 is 2.83 bits per heavy atom. The number of benzene rings is 1. The summed E-state index contributed by atoms with van der Waals surface area (Å²) in [6.07, 6.45) is 4.74. The first kappa shape index (κ1) is 15.4. The van der Waals surface area contributed by atoms with Gasteiger partial charge in [-0.25, -0.2) is 4.98 Å². The van der Waals surface area contributed by atoms with Crippen LogP contribution in [-0.4, -0.2) is 46.7 Å². The highest BCUT2D eigenvalue weighted by molar-refractivity contribution is 8.01. The normalized spacial score (nSPS) is 26.6. The molecule has 2 saturated heterocycles. The van der Waals surface area contributed by atoms with E-state index in [1.54, 1.807) is 23.1 Å². The fourth-order valence-corrected chi connectivity index (χ4v) is 5.68. The molecule has 2 unspecified atom stereocenters. The smallest absolute Gasteiger partial charge is 0.233 e. The number of thioether (sulfide) groups is 1. The van der Waals surface area contributed by atoms with E-state index in [1.165, 1.54) is 17.5 Å². The number of rotatable bonds is 4. The SMILES string of the molecule is CN(C(=O)CSc1nc2ccccc2s1)C1CC2CCC(C1)N2. The molecule has 2 aliphatic heterocycles. The molecule has 1 N–H and O–H groups in total. The van der Waals surface area contributed by atoms with Gasteiger partial charge in [-0.05, 0) is 37.8 Å². The van der Waals surface area contributed by atoms with Gasteiger partial charge in [0.15, 0.2) is 4.34 Å². The van der Waals surface area contributed by atoms with E-state index in [-0.39, 0.29) is 5.91 Å². The summed E-state index contributed by atoms with van der Waals surface area (Å²) in [7, 11) is 1.97. The number of fused-ring (bicyclic) bond motifs is 3. The average molecular weight is 348 g/mol. The average Bonchev–Trinajstić information content (AvgIpc) is 3.14. The highest BCUT2D eigenvalue weighted by atomic mass is 32.2. The number of hydrogen-bond donors (Lipinski definition) is 1. The van der Waals surface area contributed by atoms with E-state index in [4.69, 9.17) is 0 Å². The van der Waals surface area contributed by atoms with E-state index in [0.29, 0.717) is 23.9 Å². The molecule has 1 amide bonds. The van der Waals surface area contributed by atoms with Crippen LogP contribution in [0.1, 0.15) is 25.7 Å². The summed E-state index contributed by atoms with van der Waals surface area (Å²) in [5.74, 6) is 0.704. The highest BCUT2D eigenvalue weighted by Crippen LogP contribution is 2.31. The van der Waals surface area contributed by atoms with Gasteiger partial charge >= 0.3 is 0 Å². The van der Waals surface area contributed by atoms with Gasteiger partial charge in [0.25, 0.3) is 0 Å². The van der Waals surface area contributed by atoms with Crippen LogP contribution in [0.3, 0.4) is 0 Å². The summed E-state index contributed by atoms with van der Waals surface area (Å²) in [6, 6.07) is 9.76. The molecule has 0 aliphatic carbocycles. The van der Waals surface area contributed by atoms with Crippen molar-refractivity contribution in [3.8, 4) is 0 Å². The van der Waals surface area contributed by atoms with Crippen LogP contribution in [0.25, 0.3) is 10.2 Å². The maximum absolute atomic E-state index is 12.5. The molecule has 0 radical (unpaired) electrons. The van der Waals surface area contributed by atoms with Gasteiger partial charge in [0.1, 0.15) is 0 Å². The van der Waals surface area contributed by atoms with Crippen LogP contribution in [-0.2, 0) is 4.79 Å². The second-order valence-corrected chi connectivity index (χ2v) is 8.76. The summed E-state index contributed by atoms with van der Waals surface area (Å²) >= 11 is 3.23. The molecule has 1 aromatic carbocycles. The van der Waals surface area contributed by atoms with Crippen LogP contribution in [0.15, 0.2) is 28.6 Å². The molecule has 6 heteroatoms. The third-order valence-electron chi connectivity index (χ3n) is 4.98. The van der Waals surface area contributed by atoms with Gasteiger partial charge in [0.05, 0.1) is 16.0 Å². The Kier molecular flexibility index (Phi) is 4.30. The summed E-state index contributed by atoms with van der Waals surface area (Å²) in [5, 5.41) is 3.64. The third-order valence-corrected chi connectivity index (χ3v) is 7.15. The van der Waals surface area contributed by atoms with Crippen molar-refractivity contribution < 1.29 is 4.79 Å². The second kappa shape index (κ2) is 6.42. The lowest BCUT2D eigenvalue weighted by atomic mass is 9.98. The number of nitrogens with one attached hydrogen (secondary N) is 1. The summed E-state index contributed by atoms with van der Waals surface area (Å²) < 4.78 is 2.17. The number of piperidine rings is 1. The number of hydrogen-bond acceptors (Lipinski definition) is 5. The van der Waals surface area contributed by atoms with Gasteiger partial charge in [0, 0.05) is 25.2 Å². The molecule has 0 spiro atoms. The lowest BCUT2D eigenvalue weighted by Crippen LogP contribution is -2.49. The number of nitrogens with zero attached hydrogens (tertiary/aromatic N) is 2. The van der Waals surface area contributed by atoms with Crippen LogP contribution in [0.5, 0.6) is 0 Å². The molecule has 1 aromatic heterocycles. The Hall–Kier alpha value is -1.11. The molecule has 3 heterocycles. The molecule has 2 atom stereocenters. The first-order valence-electron chi connectivity index (χ1n) is 8.19. The largest absolute Gasteiger partial charge is 0.342 e. The number of amides is 1. The van der Waals surface area contributed by atoms with E-state index in [1.807, 2.05) is 30.1 Å². The Labute approximate surface area is 144 Å². The molecule has 122 valence electrons. The summed E-state index contributed by atoms with van der Waals surface area (Å²) in [6.45, 7) is 0. The quantitative estimate of drug-likeness (QED) is 0.863. The first-order chi connectivity index (χ1) is 11.2. The number of para-hydroxylation sites is 1. The number of aromatic nitrogens is 1. The number of thiazole rings is 1. The standard InChI is InChI=1S/C17H21N3OS2/c1-20(13-8-11-6-7-12(9-13)18-11)16(21)10-22-17-19-14-4-2-3-5-15(14)23-17/h2-5,11-13,18H,6-10H2,1H3. The number of carbonyl (C=O) groups is 1. The molecular formula is C17H21N3OS2. The highest BCUT2D eigenvalue weighted by Gasteiger charge is 2.36. The Balaban J connectivity index is 1.35. The summed E-state index contributed by atoms with van der Waals surface area (Å²) in [5.41, 5.74) is 1.02. The van der Waals surface area contributed by atoms with E-state index in [0.717, 1.165) is 22.7 Å². The third kappa shape index (κ3) is 3.25. The van der Waals surface area contributed by atoms with Crippen molar-refractivity contribution in [2.45, 2.75) is 48.1 Å². The maximum Gasteiger partial charge on any atom is 0.233 e. The summed E-state index contributed by atoms with van der Waals surface area (Å²) in [4.78, 5) is 19.1. The van der Waals surface area contributed by atoms with Gasteiger partial charge in [-0.15, -0.1) is 11.3 Å². The molecule has 23 heavy (non-hydrogen) atoms. The molecule has 4 rings (SSSR count). The minimum atomic E-state index is 0.223. The fourth-order valence-electron chi connectivity index (χ4n) is 3.69. The zero-order valence-electron chi connectivity index (χ0n) is 13.2. The van der Waals surface area contributed by atoms with Crippen molar-refractivity contribution in [1.82, 2.24) is 15.2 Å². The molecule has 2 fully saturated rings. The van der Waals surface area contributed by atoms with Crippen LogP contribution < -0.4 is 5.32 Å². The first-order valence-corrected chi connectivity index (χ1v) is 9.99. The zero-order valence-corrected chi connectivity index (χ0v) is 14.8. The van der Waals surface area contributed by atoms with Crippen molar-refractivity contribution >= 4 is 39.2 Å². The van der Waals surface area contributed by atoms with Gasteiger partial charge in [0.2, 0.25) is 5.91 Å². The second-order valence-electron chi connectivity index (χ2n) is 6.50. The molecular weight excluding hydrogens is 326 g/mol. The van der Waals surface area contributed by atoms with Gasteiger partial charge in [-0.3, -0.25) is 4.79 Å². The molecule has 2 bridgehead atoms. The van der Waals surface area contributed by atoms with Crippen LogP contribution >= 0.6 is 23.1 Å². The number of carbonyl (C=O) groups excluding carboxylic acids is 1. The van der Waals surface area contributed by atoms with Crippen molar-refractivity contribution in [2.24, 2.45) is 0 Å². The van der Waals surface area contributed by atoms with Gasteiger partial charge in [-0.1, -0.05) is 23.9 Å². The van der Waals surface area contributed by atoms with Crippen LogP contribution in [0.4, 0.5) is 0 Å². The maximum atomic E-state index is 12.5. The topological polar surface area (TPSA) is 45.2 Å². The predicted molar refractivity (Wildman–Crippen MR) is 96.1 cm³/mol. The zero-order chi connectivity index (χ0) is 15.8. The fraction of sp³-hybridized carbons (Fsp3) is 0.529. The van der Waals surface area contributed by atoms with Crippen molar-refractivity contribution in [3.05, 3.63) is 24.3 Å². The van der Waals surface area contributed by atoms with Crippen molar-refractivity contribution in [1.29, 1.82) is 0 Å². The van der Waals surface area contributed by atoms with Crippen LogP contribution in [0.2, 0.25) is 0 Å². The minimum absolute atomic E-state index is 0.223.